The molecule has 2 N–H and O–H groups in total. The highest BCUT2D eigenvalue weighted by atomic mass is 79.9. The third-order valence-electron chi connectivity index (χ3n) is 3.13. The number of aryl methyl sites for hydroxylation is 1. The molecule has 0 bridgehead atoms. The number of amides is 2. The van der Waals surface area contributed by atoms with Crippen LogP contribution in [0.4, 0.5) is 10.5 Å². The van der Waals surface area contributed by atoms with Crippen molar-refractivity contribution < 1.29 is 14.3 Å². The molecule has 6 heteroatoms. The van der Waals surface area contributed by atoms with E-state index >= 15 is 0 Å². The molecule has 0 unspecified atom stereocenters. The lowest BCUT2D eigenvalue weighted by Gasteiger charge is -2.10. The minimum Gasteiger partial charge on any atom is -0.497 e. The highest BCUT2D eigenvalue weighted by Crippen LogP contribution is 2.20. The molecular weight excluding hydrogens is 360 g/mol. The van der Waals surface area contributed by atoms with Crippen molar-refractivity contribution in [3.63, 3.8) is 0 Å². The number of ether oxygens (including phenoxy) is 2. The van der Waals surface area contributed by atoms with E-state index in [0.29, 0.717) is 13.2 Å². The number of carbonyl (C=O) groups is 1. The average molecular weight is 379 g/mol. The maximum atomic E-state index is 11.8. The van der Waals surface area contributed by atoms with Crippen LogP contribution in [-0.4, -0.2) is 26.3 Å². The molecule has 122 valence electrons. The van der Waals surface area contributed by atoms with E-state index in [9.17, 15) is 4.79 Å². The SMILES string of the molecule is COc1ccc(OCCNC(=O)Nc2ccc(Br)c(C)c2)cc1. The van der Waals surface area contributed by atoms with Gasteiger partial charge in [-0.2, -0.15) is 0 Å². The second-order valence-corrected chi connectivity index (χ2v) is 5.72. The molecule has 0 aliphatic rings. The fraction of sp³-hybridized carbons (Fsp3) is 0.235. The van der Waals surface area contributed by atoms with Crippen molar-refractivity contribution >= 4 is 27.6 Å². The van der Waals surface area contributed by atoms with Crippen LogP contribution < -0.4 is 20.1 Å². The Bertz CT molecular complexity index is 659. The Balaban J connectivity index is 1.70. The van der Waals surface area contributed by atoms with Gasteiger partial charge in [-0.1, -0.05) is 15.9 Å². The van der Waals surface area contributed by atoms with Crippen LogP contribution in [-0.2, 0) is 0 Å². The minimum atomic E-state index is -0.259. The minimum absolute atomic E-state index is 0.259. The Labute approximate surface area is 144 Å². The van der Waals surface area contributed by atoms with Gasteiger partial charge in [0.1, 0.15) is 18.1 Å². The fourth-order valence-electron chi connectivity index (χ4n) is 1.90. The van der Waals surface area contributed by atoms with Crippen LogP contribution in [0.5, 0.6) is 11.5 Å². The molecule has 0 saturated heterocycles. The van der Waals surface area contributed by atoms with E-state index in [1.807, 2.05) is 49.4 Å². The Morgan fingerprint density at radius 1 is 1.13 bits per heavy atom. The number of urea groups is 1. The average Bonchev–Trinajstić information content (AvgIpc) is 2.55. The van der Waals surface area contributed by atoms with E-state index in [1.165, 1.54) is 0 Å². The van der Waals surface area contributed by atoms with E-state index in [2.05, 4.69) is 26.6 Å². The monoisotopic (exact) mass is 378 g/mol. The first-order chi connectivity index (χ1) is 11.1. The smallest absolute Gasteiger partial charge is 0.319 e. The van der Waals surface area contributed by atoms with Crippen LogP contribution in [0.2, 0.25) is 0 Å². The van der Waals surface area contributed by atoms with E-state index in [-0.39, 0.29) is 6.03 Å². The summed E-state index contributed by atoms with van der Waals surface area (Å²) in [6.07, 6.45) is 0. The number of anilines is 1. The van der Waals surface area contributed by atoms with Gasteiger partial charge >= 0.3 is 6.03 Å². The van der Waals surface area contributed by atoms with E-state index in [0.717, 1.165) is 27.2 Å². The zero-order chi connectivity index (χ0) is 16.7. The summed E-state index contributed by atoms with van der Waals surface area (Å²) in [4.78, 5) is 11.8. The number of hydrogen-bond acceptors (Lipinski definition) is 3. The molecule has 23 heavy (non-hydrogen) atoms. The van der Waals surface area contributed by atoms with Gasteiger partial charge in [-0.3, -0.25) is 0 Å². The molecule has 0 aliphatic heterocycles. The molecule has 2 aromatic carbocycles. The van der Waals surface area contributed by atoms with Gasteiger partial charge in [0.15, 0.2) is 0 Å². The Hall–Kier alpha value is -2.21. The van der Waals surface area contributed by atoms with Crippen molar-refractivity contribution in [3.05, 3.63) is 52.5 Å². The van der Waals surface area contributed by atoms with Crippen molar-refractivity contribution in [3.8, 4) is 11.5 Å². The molecule has 0 fully saturated rings. The summed E-state index contributed by atoms with van der Waals surface area (Å²) < 4.78 is 11.6. The first-order valence-electron chi connectivity index (χ1n) is 7.16. The highest BCUT2D eigenvalue weighted by molar-refractivity contribution is 9.10. The largest absolute Gasteiger partial charge is 0.497 e. The van der Waals surface area contributed by atoms with Crippen LogP contribution in [0.3, 0.4) is 0 Å². The van der Waals surface area contributed by atoms with Gasteiger partial charge in [-0.25, -0.2) is 4.79 Å². The Morgan fingerprint density at radius 3 is 2.48 bits per heavy atom. The molecule has 5 nitrogen and oxygen atoms in total. The standard InChI is InChI=1S/C17H19BrN2O3/c1-12-11-13(3-8-16(12)18)20-17(21)19-9-10-23-15-6-4-14(22-2)5-7-15/h3-8,11H,9-10H2,1-2H3,(H2,19,20,21). The van der Waals surface area contributed by atoms with E-state index in [1.54, 1.807) is 7.11 Å². The lowest BCUT2D eigenvalue weighted by Crippen LogP contribution is -2.32. The molecule has 0 aromatic heterocycles. The van der Waals surface area contributed by atoms with E-state index < -0.39 is 0 Å². The molecule has 2 aromatic rings. The molecule has 0 aliphatic carbocycles. The molecule has 0 saturated carbocycles. The quantitative estimate of drug-likeness (QED) is 0.747. The first-order valence-corrected chi connectivity index (χ1v) is 7.95. The fourth-order valence-corrected chi connectivity index (χ4v) is 2.15. The molecular formula is C17H19BrN2O3. The number of hydrogen-bond donors (Lipinski definition) is 2. The maximum Gasteiger partial charge on any atom is 0.319 e. The Kier molecular flexibility index (Phi) is 6.29. The van der Waals surface area contributed by atoms with Crippen LogP contribution in [0.15, 0.2) is 46.9 Å². The molecule has 0 radical (unpaired) electrons. The second kappa shape index (κ2) is 8.43. The lowest BCUT2D eigenvalue weighted by atomic mass is 10.2. The second-order valence-electron chi connectivity index (χ2n) is 4.87. The Morgan fingerprint density at radius 2 is 1.83 bits per heavy atom. The van der Waals surface area contributed by atoms with Gasteiger partial charge in [0.2, 0.25) is 0 Å². The summed E-state index contributed by atoms with van der Waals surface area (Å²) >= 11 is 3.43. The van der Waals surface area contributed by atoms with Gasteiger partial charge < -0.3 is 20.1 Å². The number of halogens is 1. The molecule has 0 atom stereocenters. The van der Waals surface area contributed by atoms with E-state index in [4.69, 9.17) is 9.47 Å². The van der Waals surface area contributed by atoms with Gasteiger partial charge in [-0.15, -0.1) is 0 Å². The summed E-state index contributed by atoms with van der Waals surface area (Å²) in [5.41, 5.74) is 1.81. The van der Waals surface area contributed by atoms with Crippen molar-refractivity contribution in [1.82, 2.24) is 5.32 Å². The molecule has 2 rings (SSSR count). The maximum absolute atomic E-state index is 11.8. The molecule has 2 amide bonds. The third kappa shape index (κ3) is 5.49. The van der Waals surface area contributed by atoms with Gasteiger partial charge in [0.25, 0.3) is 0 Å². The van der Waals surface area contributed by atoms with Crippen LogP contribution in [0.25, 0.3) is 0 Å². The van der Waals surface area contributed by atoms with Crippen LogP contribution in [0, 0.1) is 6.92 Å². The third-order valence-corrected chi connectivity index (χ3v) is 4.02. The van der Waals surface area contributed by atoms with Gasteiger partial charge in [0.05, 0.1) is 13.7 Å². The summed E-state index contributed by atoms with van der Waals surface area (Å²) in [5, 5.41) is 5.53. The van der Waals surface area contributed by atoms with Gasteiger partial charge in [0, 0.05) is 10.2 Å². The lowest BCUT2D eigenvalue weighted by molar-refractivity contribution is 0.247. The van der Waals surface area contributed by atoms with Crippen LogP contribution >= 0.6 is 15.9 Å². The normalized spacial score (nSPS) is 10.0. The molecule has 0 heterocycles. The summed E-state index contributed by atoms with van der Waals surface area (Å²) in [6.45, 7) is 2.77. The van der Waals surface area contributed by atoms with Crippen molar-refractivity contribution in [2.45, 2.75) is 6.92 Å². The number of methoxy groups -OCH3 is 1. The summed E-state index contributed by atoms with van der Waals surface area (Å²) in [6, 6.07) is 12.7. The predicted molar refractivity (Wildman–Crippen MR) is 94.4 cm³/mol. The van der Waals surface area contributed by atoms with Crippen molar-refractivity contribution in [1.29, 1.82) is 0 Å². The highest BCUT2D eigenvalue weighted by Gasteiger charge is 2.03. The number of nitrogens with one attached hydrogen (secondary N) is 2. The summed E-state index contributed by atoms with van der Waals surface area (Å²) in [7, 11) is 1.62. The van der Waals surface area contributed by atoms with Crippen molar-refractivity contribution in [2.24, 2.45) is 0 Å². The first kappa shape index (κ1) is 17.1. The van der Waals surface area contributed by atoms with Gasteiger partial charge in [-0.05, 0) is 55.0 Å². The number of rotatable bonds is 6. The molecule has 0 spiro atoms. The number of carbonyl (C=O) groups excluding carboxylic acids is 1. The topological polar surface area (TPSA) is 59.6 Å². The zero-order valence-electron chi connectivity index (χ0n) is 13.1. The van der Waals surface area contributed by atoms with Crippen LogP contribution in [0.1, 0.15) is 5.56 Å². The number of benzene rings is 2. The summed E-state index contributed by atoms with van der Waals surface area (Å²) in [5.74, 6) is 1.51. The predicted octanol–water partition coefficient (Wildman–Crippen LogP) is 3.97. The zero-order valence-corrected chi connectivity index (χ0v) is 14.6. The van der Waals surface area contributed by atoms with Crippen molar-refractivity contribution in [2.75, 3.05) is 25.6 Å².